The highest BCUT2D eigenvalue weighted by Gasteiger charge is 2.27. The minimum atomic E-state index is -0.153. The Labute approximate surface area is 165 Å². The van der Waals surface area contributed by atoms with Crippen LogP contribution in [0.25, 0.3) is 0 Å². The fourth-order valence-corrected chi connectivity index (χ4v) is 2.71. The van der Waals surface area contributed by atoms with Gasteiger partial charge in [0.25, 0.3) is 0 Å². The van der Waals surface area contributed by atoms with E-state index in [2.05, 4.69) is 20.5 Å². The van der Waals surface area contributed by atoms with Gasteiger partial charge in [0.2, 0.25) is 5.91 Å². The molecular weight excluding hydrogens is 435 g/mol. The second kappa shape index (κ2) is 10.9. The summed E-state index contributed by atoms with van der Waals surface area (Å²) in [4.78, 5) is 29.8. The summed E-state index contributed by atoms with van der Waals surface area (Å²) in [5, 5.41) is 5.88. The number of likely N-dealkylation sites (tertiary alicyclic amines) is 1. The van der Waals surface area contributed by atoms with Gasteiger partial charge in [-0.1, -0.05) is 18.2 Å². The topological polar surface area (TPSA) is 83.0 Å². The van der Waals surface area contributed by atoms with E-state index in [0.717, 1.165) is 18.5 Å². The van der Waals surface area contributed by atoms with E-state index in [0.29, 0.717) is 19.0 Å². The van der Waals surface area contributed by atoms with Crippen LogP contribution in [0.1, 0.15) is 12.8 Å². The molecule has 0 unspecified atom stereocenters. The average Bonchev–Trinajstić information content (AvgIpc) is 2.63. The number of amides is 1. The molecule has 0 aliphatic carbocycles. The summed E-state index contributed by atoms with van der Waals surface area (Å²) < 4.78 is 4.79. The van der Waals surface area contributed by atoms with Crippen molar-refractivity contribution in [3.05, 3.63) is 30.3 Å². The van der Waals surface area contributed by atoms with Crippen LogP contribution in [-0.4, -0.2) is 56.5 Å². The second-order valence-electron chi connectivity index (χ2n) is 5.60. The number of ether oxygens (including phenoxy) is 1. The number of guanidine groups is 1. The third kappa shape index (κ3) is 6.52. The summed E-state index contributed by atoms with van der Waals surface area (Å²) in [5.41, 5.74) is 0.762. The van der Waals surface area contributed by atoms with Gasteiger partial charge in [0, 0.05) is 25.8 Å². The lowest BCUT2D eigenvalue weighted by molar-refractivity contribution is -0.146. The fourth-order valence-electron chi connectivity index (χ4n) is 2.71. The number of esters is 1. The van der Waals surface area contributed by atoms with Crippen molar-refractivity contribution in [3.8, 4) is 0 Å². The number of carbonyl (C=O) groups is 2. The van der Waals surface area contributed by atoms with Crippen LogP contribution in [0.5, 0.6) is 0 Å². The Morgan fingerprint density at radius 3 is 2.44 bits per heavy atom. The molecule has 0 saturated carbocycles. The molecule has 2 rings (SSSR count). The number of nitrogens with zero attached hydrogens (tertiary/aromatic N) is 2. The fraction of sp³-hybridized carbons (Fsp3) is 0.471. The van der Waals surface area contributed by atoms with Gasteiger partial charge in [0.15, 0.2) is 5.96 Å². The van der Waals surface area contributed by atoms with E-state index in [1.807, 2.05) is 30.3 Å². The highest BCUT2D eigenvalue weighted by atomic mass is 127. The van der Waals surface area contributed by atoms with Crippen LogP contribution in [0.3, 0.4) is 0 Å². The van der Waals surface area contributed by atoms with E-state index >= 15 is 0 Å². The number of anilines is 1. The second-order valence-corrected chi connectivity index (χ2v) is 5.60. The molecule has 1 amide bonds. The van der Waals surface area contributed by atoms with Crippen LogP contribution in [-0.2, 0) is 14.3 Å². The zero-order chi connectivity index (χ0) is 17.4. The van der Waals surface area contributed by atoms with Crippen LogP contribution >= 0.6 is 24.0 Å². The van der Waals surface area contributed by atoms with Crippen molar-refractivity contribution in [1.82, 2.24) is 10.2 Å². The first-order valence-electron chi connectivity index (χ1n) is 8.02. The molecule has 25 heavy (non-hydrogen) atoms. The Morgan fingerprint density at radius 1 is 1.24 bits per heavy atom. The van der Waals surface area contributed by atoms with Gasteiger partial charge in [-0.25, -0.2) is 0 Å². The Kier molecular flexibility index (Phi) is 9.25. The lowest BCUT2D eigenvalue weighted by Crippen LogP contribution is -2.48. The number of nitrogens with one attached hydrogen (secondary N) is 2. The SMILES string of the molecule is CN=C(NCC(=O)Nc1ccccc1)N1CCC(C(=O)OC)CC1.I. The molecule has 2 N–H and O–H groups in total. The molecule has 1 aliphatic rings. The van der Waals surface area contributed by atoms with E-state index in [4.69, 9.17) is 4.74 Å². The molecule has 1 fully saturated rings. The normalized spacial score (nSPS) is 15.1. The number of piperidine rings is 1. The molecule has 1 aromatic rings. The summed E-state index contributed by atoms with van der Waals surface area (Å²) in [6.45, 7) is 1.55. The van der Waals surface area contributed by atoms with Crippen LogP contribution in [0.15, 0.2) is 35.3 Å². The van der Waals surface area contributed by atoms with Crippen LogP contribution in [0.4, 0.5) is 5.69 Å². The smallest absolute Gasteiger partial charge is 0.308 e. The predicted molar refractivity (Wildman–Crippen MR) is 108 cm³/mol. The molecule has 0 atom stereocenters. The molecule has 138 valence electrons. The number of hydrogen-bond acceptors (Lipinski definition) is 4. The van der Waals surface area contributed by atoms with Crippen LogP contribution in [0, 0.1) is 5.92 Å². The van der Waals surface area contributed by atoms with E-state index in [9.17, 15) is 9.59 Å². The molecule has 1 aromatic carbocycles. The van der Waals surface area contributed by atoms with Crippen LogP contribution in [0.2, 0.25) is 0 Å². The highest BCUT2D eigenvalue weighted by Crippen LogP contribution is 2.18. The van der Waals surface area contributed by atoms with Crippen LogP contribution < -0.4 is 10.6 Å². The first kappa shape index (κ1) is 21.2. The molecule has 1 aliphatic heterocycles. The highest BCUT2D eigenvalue weighted by molar-refractivity contribution is 14.0. The van der Waals surface area contributed by atoms with Crippen molar-refractivity contribution < 1.29 is 14.3 Å². The van der Waals surface area contributed by atoms with Crippen molar-refractivity contribution in [1.29, 1.82) is 0 Å². The van der Waals surface area contributed by atoms with Gasteiger partial charge in [-0.3, -0.25) is 14.6 Å². The average molecular weight is 460 g/mol. The van der Waals surface area contributed by atoms with Crippen molar-refractivity contribution >= 4 is 47.5 Å². The van der Waals surface area contributed by atoms with Crippen molar-refractivity contribution in [2.45, 2.75) is 12.8 Å². The molecule has 0 aromatic heterocycles. The molecule has 7 nitrogen and oxygen atoms in total. The van der Waals surface area contributed by atoms with Crippen molar-refractivity contribution in [2.75, 3.05) is 39.1 Å². The zero-order valence-corrected chi connectivity index (χ0v) is 16.9. The summed E-state index contributed by atoms with van der Waals surface area (Å²) in [5.74, 6) is 0.332. The number of hydrogen-bond donors (Lipinski definition) is 2. The third-order valence-electron chi connectivity index (χ3n) is 4.01. The van der Waals surface area contributed by atoms with Gasteiger partial charge in [0.1, 0.15) is 0 Å². The molecule has 0 radical (unpaired) electrons. The quantitative estimate of drug-likeness (QED) is 0.310. The van der Waals surface area contributed by atoms with Gasteiger partial charge in [-0.05, 0) is 25.0 Å². The molecule has 8 heteroatoms. The Balaban J connectivity index is 0.00000312. The molecule has 0 bridgehead atoms. The molecule has 0 spiro atoms. The maximum Gasteiger partial charge on any atom is 0.308 e. The minimum Gasteiger partial charge on any atom is -0.469 e. The maximum atomic E-state index is 12.0. The lowest BCUT2D eigenvalue weighted by Gasteiger charge is -2.33. The number of benzene rings is 1. The first-order valence-corrected chi connectivity index (χ1v) is 8.02. The third-order valence-corrected chi connectivity index (χ3v) is 4.01. The van der Waals surface area contributed by atoms with Gasteiger partial charge in [0.05, 0.1) is 19.6 Å². The van der Waals surface area contributed by atoms with Gasteiger partial charge < -0.3 is 20.3 Å². The summed E-state index contributed by atoms with van der Waals surface area (Å²) in [7, 11) is 3.10. The summed E-state index contributed by atoms with van der Waals surface area (Å²) in [6.07, 6.45) is 1.45. The van der Waals surface area contributed by atoms with Gasteiger partial charge >= 0.3 is 5.97 Å². The van der Waals surface area contributed by atoms with Crippen molar-refractivity contribution in [3.63, 3.8) is 0 Å². The Hall–Kier alpha value is -1.84. The van der Waals surface area contributed by atoms with Gasteiger partial charge in [-0.2, -0.15) is 0 Å². The largest absolute Gasteiger partial charge is 0.469 e. The zero-order valence-electron chi connectivity index (χ0n) is 14.5. The molecular formula is C17H25IN4O3. The number of methoxy groups -OCH3 is 1. The van der Waals surface area contributed by atoms with Crippen molar-refractivity contribution in [2.24, 2.45) is 10.9 Å². The number of halogens is 1. The number of rotatable bonds is 4. The number of carbonyl (C=O) groups excluding carboxylic acids is 2. The summed E-state index contributed by atoms with van der Waals surface area (Å²) in [6, 6.07) is 9.31. The summed E-state index contributed by atoms with van der Waals surface area (Å²) >= 11 is 0. The monoisotopic (exact) mass is 460 g/mol. The standard InChI is InChI=1S/C17H24N4O3.HI/c1-18-17(21-10-8-13(9-11-21)16(23)24-2)19-12-15(22)20-14-6-4-3-5-7-14;/h3-7,13H,8-12H2,1-2H3,(H,18,19)(H,20,22);1H. The Bertz CT molecular complexity index is 587. The predicted octanol–water partition coefficient (Wildman–Crippen LogP) is 1.70. The Morgan fingerprint density at radius 2 is 1.88 bits per heavy atom. The number of aliphatic imine (C=N–C) groups is 1. The van der Waals surface area contributed by atoms with E-state index in [1.165, 1.54) is 7.11 Å². The minimum absolute atomic E-state index is 0. The van der Waals surface area contributed by atoms with E-state index in [-0.39, 0.29) is 48.3 Å². The molecule has 1 saturated heterocycles. The lowest BCUT2D eigenvalue weighted by atomic mass is 9.97. The van der Waals surface area contributed by atoms with E-state index in [1.54, 1.807) is 7.05 Å². The first-order chi connectivity index (χ1) is 11.6. The van der Waals surface area contributed by atoms with E-state index < -0.39 is 0 Å². The maximum absolute atomic E-state index is 12.0. The van der Waals surface area contributed by atoms with Gasteiger partial charge in [-0.15, -0.1) is 24.0 Å². The molecule has 1 heterocycles. The number of para-hydroxylation sites is 1.